The molecular formula is C22H25ClN4O3S. The van der Waals surface area contributed by atoms with E-state index in [1.54, 1.807) is 29.8 Å². The molecule has 7 nitrogen and oxygen atoms in total. The van der Waals surface area contributed by atoms with Crippen LogP contribution in [0.2, 0.25) is 5.02 Å². The Morgan fingerprint density at radius 3 is 2.45 bits per heavy atom. The molecule has 0 radical (unpaired) electrons. The number of rotatable bonds is 4. The van der Waals surface area contributed by atoms with Crippen LogP contribution in [-0.4, -0.2) is 53.4 Å². The lowest BCUT2D eigenvalue weighted by Gasteiger charge is -2.28. The summed E-state index contributed by atoms with van der Waals surface area (Å²) in [6.07, 6.45) is 0.693. The van der Waals surface area contributed by atoms with Crippen LogP contribution in [0.15, 0.2) is 58.2 Å². The summed E-state index contributed by atoms with van der Waals surface area (Å²) >= 11 is 5.90. The fourth-order valence-corrected chi connectivity index (χ4v) is 5.66. The number of hydrogen-bond donors (Lipinski definition) is 0. The second-order valence-electron chi connectivity index (χ2n) is 7.77. The summed E-state index contributed by atoms with van der Waals surface area (Å²) in [6.45, 7) is 4.10. The van der Waals surface area contributed by atoms with Crippen LogP contribution < -0.4 is 5.56 Å². The van der Waals surface area contributed by atoms with Crippen molar-refractivity contribution in [3.8, 4) is 0 Å². The molecule has 1 aromatic heterocycles. The van der Waals surface area contributed by atoms with Crippen molar-refractivity contribution >= 4 is 32.5 Å². The first-order valence-corrected chi connectivity index (χ1v) is 12.1. The Bertz CT molecular complexity index is 1260. The number of halogens is 1. The predicted octanol–water partition coefficient (Wildman–Crippen LogP) is 3.04. The fourth-order valence-electron chi connectivity index (χ4n) is 4.07. The van der Waals surface area contributed by atoms with Gasteiger partial charge in [0.15, 0.2) is 0 Å². The first-order chi connectivity index (χ1) is 14.8. The van der Waals surface area contributed by atoms with Crippen molar-refractivity contribution in [1.29, 1.82) is 0 Å². The van der Waals surface area contributed by atoms with Gasteiger partial charge in [-0.05, 0) is 49.7 Å². The quantitative estimate of drug-likeness (QED) is 0.598. The molecule has 0 saturated carbocycles. The third-order valence-corrected chi connectivity index (χ3v) is 8.04. The van der Waals surface area contributed by atoms with Gasteiger partial charge >= 0.3 is 0 Å². The molecule has 1 atom stereocenters. The third kappa shape index (κ3) is 4.25. The van der Waals surface area contributed by atoms with Gasteiger partial charge in [-0.1, -0.05) is 23.7 Å². The average Bonchev–Trinajstić information content (AvgIpc) is 3.03. The van der Waals surface area contributed by atoms with Gasteiger partial charge in [-0.3, -0.25) is 14.3 Å². The van der Waals surface area contributed by atoms with Crippen LogP contribution >= 0.6 is 11.6 Å². The van der Waals surface area contributed by atoms with E-state index in [1.807, 2.05) is 25.1 Å². The Morgan fingerprint density at radius 1 is 1.00 bits per heavy atom. The van der Waals surface area contributed by atoms with Gasteiger partial charge in [-0.15, -0.1) is 0 Å². The Labute approximate surface area is 186 Å². The van der Waals surface area contributed by atoms with Crippen LogP contribution in [0.25, 0.3) is 10.9 Å². The first-order valence-electron chi connectivity index (χ1n) is 10.2. The van der Waals surface area contributed by atoms with Crippen molar-refractivity contribution in [2.24, 2.45) is 7.05 Å². The van der Waals surface area contributed by atoms with E-state index in [2.05, 4.69) is 4.90 Å². The molecule has 1 aliphatic rings. The Balaban J connectivity index is 1.56. The largest absolute Gasteiger partial charge is 0.298 e. The molecular weight excluding hydrogens is 436 g/mol. The summed E-state index contributed by atoms with van der Waals surface area (Å²) in [5.74, 6) is 0.678. The van der Waals surface area contributed by atoms with Crippen LogP contribution in [0, 0.1) is 0 Å². The third-order valence-electron chi connectivity index (χ3n) is 5.88. The van der Waals surface area contributed by atoms with Crippen molar-refractivity contribution in [3.05, 3.63) is 69.7 Å². The predicted molar refractivity (Wildman–Crippen MR) is 122 cm³/mol. The van der Waals surface area contributed by atoms with Crippen molar-refractivity contribution in [2.45, 2.75) is 24.3 Å². The van der Waals surface area contributed by atoms with Crippen molar-refractivity contribution in [3.63, 3.8) is 0 Å². The summed E-state index contributed by atoms with van der Waals surface area (Å²) in [4.78, 5) is 20.0. The smallest absolute Gasteiger partial charge is 0.261 e. The van der Waals surface area contributed by atoms with Crippen molar-refractivity contribution in [2.75, 3.05) is 26.2 Å². The zero-order chi connectivity index (χ0) is 22.2. The minimum atomic E-state index is -3.58. The van der Waals surface area contributed by atoms with E-state index in [-0.39, 0.29) is 16.5 Å². The molecule has 9 heteroatoms. The molecule has 3 aromatic rings. The van der Waals surface area contributed by atoms with Gasteiger partial charge in [-0.2, -0.15) is 4.31 Å². The first kappa shape index (κ1) is 22.0. The zero-order valence-electron chi connectivity index (χ0n) is 17.5. The lowest BCUT2D eigenvalue weighted by Crippen LogP contribution is -2.37. The second-order valence-corrected chi connectivity index (χ2v) is 10.1. The maximum Gasteiger partial charge on any atom is 0.261 e. The molecule has 31 heavy (non-hydrogen) atoms. The van der Waals surface area contributed by atoms with Crippen LogP contribution in [0.5, 0.6) is 0 Å². The second kappa shape index (κ2) is 8.70. The standard InChI is InChI=1S/C22H25ClN4O3S/c1-16(21-24-20-7-4-3-6-19(20)22(28)25(21)2)26-12-5-13-27(15-14-26)31(29,30)18-10-8-17(23)9-11-18/h3-4,6-11,16H,5,12-15H2,1-2H3. The highest BCUT2D eigenvalue weighted by molar-refractivity contribution is 7.89. The normalized spacial score (nSPS) is 17.5. The van der Waals surface area contributed by atoms with E-state index >= 15 is 0 Å². The van der Waals surface area contributed by atoms with E-state index in [0.717, 1.165) is 6.54 Å². The van der Waals surface area contributed by atoms with E-state index < -0.39 is 10.0 Å². The number of fused-ring (bicyclic) bond motifs is 1. The molecule has 1 saturated heterocycles. The van der Waals surface area contributed by atoms with E-state index in [4.69, 9.17) is 16.6 Å². The summed E-state index contributed by atoms with van der Waals surface area (Å²) in [7, 11) is -1.84. The summed E-state index contributed by atoms with van der Waals surface area (Å²) in [5.41, 5.74) is 0.600. The van der Waals surface area contributed by atoms with Crippen molar-refractivity contribution < 1.29 is 8.42 Å². The monoisotopic (exact) mass is 460 g/mol. The van der Waals surface area contributed by atoms with Crippen LogP contribution in [0.4, 0.5) is 0 Å². The van der Waals surface area contributed by atoms with Gasteiger partial charge in [0, 0.05) is 38.2 Å². The van der Waals surface area contributed by atoms with Gasteiger partial charge in [0.1, 0.15) is 5.82 Å². The topological polar surface area (TPSA) is 75.5 Å². The number of para-hydroxylation sites is 1. The lowest BCUT2D eigenvalue weighted by molar-refractivity contribution is 0.209. The van der Waals surface area contributed by atoms with Gasteiger partial charge in [0.05, 0.1) is 21.8 Å². The highest BCUT2D eigenvalue weighted by Gasteiger charge is 2.29. The zero-order valence-corrected chi connectivity index (χ0v) is 19.1. The minimum Gasteiger partial charge on any atom is -0.298 e. The molecule has 4 rings (SSSR count). The fraction of sp³-hybridized carbons (Fsp3) is 0.364. The maximum atomic E-state index is 13.0. The summed E-state index contributed by atoms with van der Waals surface area (Å²) < 4.78 is 29.2. The molecule has 1 fully saturated rings. The Kier molecular flexibility index (Phi) is 6.16. The van der Waals surface area contributed by atoms with Crippen LogP contribution in [0.3, 0.4) is 0 Å². The van der Waals surface area contributed by atoms with Crippen LogP contribution in [-0.2, 0) is 17.1 Å². The van der Waals surface area contributed by atoms with Gasteiger partial charge in [0.25, 0.3) is 5.56 Å². The molecule has 0 amide bonds. The molecule has 2 aromatic carbocycles. The molecule has 0 aliphatic carbocycles. The molecule has 1 aliphatic heterocycles. The SMILES string of the molecule is CC(c1nc2ccccc2c(=O)n1C)N1CCCN(S(=O)(=O)c2ccc(Cl)cc2)CC1. The highest BCUT2D eigenvalue weighted by Crippen LogP contribution is 2.24. The Morgan fingerprint density at radius 2 is 1.71 bits per heavy atom. The van der Waals surface area contributed by atoms with Gasteiger partial charge in [-0.25, -0.2) is 13.4 Å². The molecule has 164 valence electrons. The summed E-state index contributed by atoms with van der Waals surface area (Å²) in [6, 6.07) is 13.5. The van der Waals surface area contributed by atoms with Gasteiger partial charge in [0.2, 0.25) is 10.0 Å². The maximum absolute atomic E-state index is 13.0. The van der Waals surface area contributed by atoms with E-state index in [0.29, 0.717) is 47.8 Å². The number of sulfonamides is 1. The molecule has 0 N–H and O–H groups in total. The minimum absolute atomic E-state index is 0.0748. The Hall–Kier alpha value is -2.26. The number of nitrogens with zero attached hydrogens (tertiary/aromatic N) is 4. The van der Waals surface area contributed by atoms with Crippen molar-refractivity contribution in [1.82, 2.24) is 18.8 Å². The number of hydrogen-bond acceptors (Lipinski definition) is 5. The van der Waals surface area contributed by atoms with Crippen LogP contribution in [0.1, 0.15) is 25.2 Å². The van der Waals surface area contributed by atoms with E-state index in [1.165, 1.54) is 16.4 Å². The number of aromatic nitrogens is 2. The molecule has 1 unspecified atom stereocenters. The highest BCUT2D eigenvalue weighted by atomic mass is 35.5. The molecule has 0 bridgehead atoms. The molecule has 0 spiro atoms. The lowest BCUT2D eigenvalue weighted by atomic mass is 10.2. The van der Waals surface area contributed by atoms with E-state index in [9.17, 15) is 13.2 Å². The average molecular weight is 461 g/mol. The molecule has 2 heterocycles. The summed E-state index contributed by atoms with van der Waals surface area (Å²) in [5, 5.41) is 1.10. The van der Waals surface area contributed by atoms with Gasteiger partial charge < -0.3 is 0 Å². The number of benzene rings is 2.